The minimum atomic E-state index is -2.37. The number of hydrogen-bond donors (Lipinski definition) is 8. The van der Waals surface area contributed by atoms with Crippen molar-refractivity contribution in [2.24, 2.45) is 0 Å². The summed E-state index contributed by atoms with van der Waals surface area (Å²) in [6.45, 7) is -2.33. The van der Waals surface area contributed by atoms with Crippen LogP contribution in [0.4, 0.5) is 0 Å². The average molecular weight is 342 g/mol. The van der Waals surface area contributed by atoms with Gasteiger partial charge in [-0.25, -0.2) is 0 Å². The fraction of sp³-hybridized carbons (Fsp3) is 1.00. The highest BCUT2D eigenvalue weighted by molar-refractivity contribution is 4.98. The molecule has 8 N–H and O–H groups in total. The smallest absolute Gasteiger partial charge is 0.219 e. The first-order valence-electron chi connectivity index (χ1n) is 7.05. The van der Waals surface area contributed by atoms with E-state index in [0.717, 1.165) is 0 Å². The van der Waals surface area contributed by atoms with Gasteiger partial charge in [-0.1, -0.05) is 0 Å². The molecule has 0 aliphatic carbocycles. The van der Waals surface area contributed by atoms with Gasteiger partial charge >= 0.3 is 0 Å². The maximum Gasteiger partial charge on any atom is 0.219 e. The topological polar surface area (TPSA) is 190 Å². The summed E-state index contributed by atoms with van der Waals surface area (Å²) < 4.78 is 15.2. The van der Waals surface area contributed by atoms with Crippen molar-refractivity contribution in [3.05, 3.63) is 0 Å². The average Bonchev–Trinajstić information content (AvgIpc) is 2.79. The molecule has 0 amide bonds. The fourth-order valence-corrected chi connectivity index (χ4v) is 2.64. The van der Waals surface area contributed by atoms with Crippen LogP contribution in [0.25, 0.3) is 0 Å². The highest BCUT2D eigenvalue weighted by Gasteiger charge is 2.57. The summed E-state index contributed by atoms with van der Waals surface area (Å²) in [5.41, 5.74) is 0. The molecule has 9 atom stereocenters. The van der Waals surface area contributed by atoms with Gasteiger partial charge in [-0.05, 0) is 0 Å². The van der Waals surface area contributed by atoms with Crippen LogP contribution in [0, 0.1) is 0 Å². The van der Waals surface area contributed by atoms with Gasteiger partial charge in [0.05, 0.1) is 19.8 Å². The first-order chi connectivity index (χ1) is 10.8. The van der Waals surface area contributed by atoms with Crippen molar-refractivity contribution in [3.63, 3.8) is 0 Å². The van der Waals surface area contributed by atoms with Crippen LogP contribution in [0.3, 0.4) is 0 Å². The largest absolute Gasteiger partial charge is 0.394 e. The predicted octanol–water partition coefficient (Wildman–Crippen LogP) is -5.40. The molecule has 2 saturated heterocycles. The molecule has 4 unspecified atom stereocenters. The molecule has 136 valence electrons. The first kappa shape index (κ1) is 18.9. The van der Waals surface area contributed by atoms with Crippen LogP contribution in [0.15, 0.2) is 0 Å². The highest BCUT2D eigenvalue weighted by Crippen LogP contribution is 2.34. The van der Waals surface area contributed by atoms with Gasteiger partial charge in [0.15, 0.2) is 6.29 Å². The predicted molar refractivity (Wildman–Crippen MR) is 68.6 cm³/mol. The third-order valence-corrected chi connectivity index (χ3v) is 4.03. The van der Waals surface area contributed by atoms with Crippen LogP contribution in [0.5, 0.6) is 0 Å². The molecule has 23 heavy (non-hydrogen) atoms. The molecule has 0 aromatic heterocycles. The van der Waals surface area contributed by atoms with Crippen LogP contribution >= 0.6 is 0 Å². The zero-order chi connectivity index (χ0) is 17.4. The Morgan fingerprint density at radius 2 is 1.43 bits per heavy atom. The van der Waals surface area contributed by atoms with Gasteiger partial charge < -0.3 is 55.1 Å². The van der Waals surface area contributed by atoms with Gasteiger partial charge in [0.25, 0.3) is 0 Å². The molecule has 2 heterocycles. The first-order valence-corrected chi connectivity index (χ1v) is 7.05. The molecule has 0 saturated carbocycles. The second-order valence-electron chi connectivity index (χ2n) is 5.59. The third-order valence-electron chi connectivity index (χ3n) is 4.03. The van der Waals surface area contributed by atoms with E-state index in [0.29, 0.717) is 0 Å². The van der Waals surface area contributed by atoms with E-state index in [4.69, 9.17) is 24.4 Å². The molecule has 0 radical (unpaired) electrons. The highest BCUT2D eigenvalue weighted by atomic mass is 16.7. The van der Waals surface area contributed by atoms with E-state index >= 15 is 0 Å². The molecule has 2 fully saturated rings. The molecule has 11 heteroatoms. The minimum absolute atomic E-state index is 0.669. The maximum atomic E-state index is 10.1. The quantitative estimate of drug-likeness (QED) is 0.238. The molecule has 0 aromatic carbocycles. The second-order valence-corrected chi connectivity index (χ2v) is 5.59. The molecular formula is C12H22O11. The lowest BCUT2D eigenvalue weighted by Gasteiger charge is -2.41. The van der Waals surface area contributed by atoms with Gasteiger partial charge in [-0.2, -0.15) is 0 Å². The van der Waals surface area contributed by atoms with E-state index in [-0.39, 0.29) is 0 Å². The van der Waals surface area contributed by atoms with Crippen LogP contribution in [0.1, 0.15) is 0 Å². The van der Waals surface area contributed by atoms with Crippen molar-refractivity contribution in [2.75, 3.05) is 19.8 Å². The summed E-state index contributed by atoms with van der Waals surface area (Å²) in [6, 6.07) is 0. The molecule has 0 aromatic rings. The number of rotatable bonds is 5. The van der Waals surface area contributed by atoms with E-state index in [1.165, 1.54) is 0 Å². The SMILES string of the molecule is OCC1O[C@H](OC2[C@@H](O)[C@@H](CO)OC2(O)CO)C(O)[C@@H](O)[C@@H]1O. The van der Waals surface area contributed by atoms with Crippen molar-refractivity contribution in [3.8, 4) is 0 Å². The lowest BCUT2D eigenvalue weighted by molar-refractivity contribution is -0.342. The van der Waals surface area contributed by atoms with Crippen LogP contribution < -0.4 is 0 Å². The summed E-state index contributed by atoms with van der Waals surface area (Å²) >= 11 is 0. The molecular weight excluding hydrogens is 320 g/mol. The minimum Gasteiger partial charge on any atom is -0.394 e. The van der Waals surface area contributed by atoms with Crippen LogP contribution in [-0.2, 0) is 14.2 Å². The summed E-state index contributed by atoms with van der Waals surface area (Å²) in [5, 5.41) is 76.7. The van der Waals surface area contributed by atoms with Crippen molar-refractivity contribution >= 4 is 0 Å². The normalized spacial score (nSPS) is 51.1. The standard InChI is InChI=1S/C12H22O11/c13-1-4-6(16)8(18)9(19)11(21-4)22-10-7(17)5(2-14)23-12(10,20)3-15/h4-11,13-20H,1-3H2/t4?,5-,6-,7+,8+,9?,10?,11-,12?/m1/s1. The summed E-state index contributed by atoms with van der Waals surface area (Å²) in [7, 11) is 0. The number of hydrogen-bond acceptors (Lipinski definition) is 11. The van der Waals surface area contributed by atoms with E-state index in [1.54, 1.807) is 0 Å². The summed E-state index contributed by atoms with van der Waals surface area (Å²) in [5.74, 6) is -2.37. The monoisotopic (exact) mass is 342 g/mol. The zero-order valence-corrected chi connectivity index (χ0v) is 12.0. The number of aliphatic hydroxyl groups is 8. The number of aliphatic hydroxyl groups excluding tert-OH is 7. The van der Waals surface area contributed by atoms with Gasteiger partial charge in [0.1, 0.15) is 42.7 Å². The molecule has 11 nitrogen and oxygen atoms in total. The maximum absolute atomic E-state index is 10.1. The van der Waals surface area contributed by atoms with E-state index < -0.39 is 74.6 Å². The van der Waals surface area contributed by atoms with E-state index in [2.05, 4.69) is 0 Å². The Bertz CT molecular complexity index is 393. The zero-order valence-electron chi connectivity index (χ0n) is 12.0. The van der Waals surface area contributed by atoms with Crippen LogP contribution in [0.2, 0.25) is 0 Å². The van der Waals surface area contributed by atoms with Crippen molar-refractivity contribution < 1.29 is 55.1 Å². The van der Waals surface area contributed by atoms with E-state index in [1.807, 2.05) is 0 Å². The molecule has 2 rings (SSSR count). The van der Waals surface area contributed by atoms with Gasteiger partial charge in [-0.15, -0.1) is 0 Å². The Balaban J connectivity index is 2.15. The van der Waals surface area contributed by atoms with Gasteiger partial charge in [-0.3, -0.25) is 0 Å². The molecule has 0 bridgehead atoms. The second kappa shape index (κ2) is 7.21. The number of ether oxygens (including phenoxy) is 3. The Kier molecular flexibility index (Phi) is 5.92. The van der Waals surface area contributed by atoms with Gasteiger partial charge in [0.2, 0.25) is 5.79 Å². The summed E-state index contributed by atoms with van der Waals surface area (Å²) in [6.07, 6.45) is -12.4. The molecule has 0 spiro atoms. The Hall–Kier alpha value is -0.440. The summed E-state index contributed by atoms with van der Waals surface area (Å²) in [4.78, 5) is 0. The van der Waals surface area contributed by atoms with Crippen LogP contribution in [-0.4, -0.2) is 115 Å². The van der Waals surface area contributed by atoms with Gasteiger partial charge in [0, 0.05) is 0 Å². The lowest BCUT2D eigenvalue weighted by Crippen LogP contribution is -2.61. The molecule has 2 aliphatic heterocycles. The van der Waals surface area contributed by atoms with Crippen molar-refractivity contribution in [1.29, 1.82) is 0 Å². The fourth-order valence-electron chi connectivity index (χ4n) is 2.64. The van der Waals surface area contributed by atoms with Crippen molar-refractivity contribution in [2.45, 2.75) is 54.8 Å². The lowest BCUT2D eigenvalue weighted by atomic mass is 9.99. The third kappa shape index (κ3) is 3.36. The van der Waals surface area contributed by atoms with E-state index in [9.17, 15) is 30.6 Å². The molecule has 2 aliphatic rings. The Labute approximate surface area is 130 Å². The Morgan fingerprint density at radius 1 is 0.826 bits per heavy atom. The Morgan fingerprint density at radius 3 is 1.96 bits per heavy atom. The van der Waals surface area contributed by atoms with Crippen molar-refractivity contribution in [1.82, 2.24) is 0 Å².